The van der Waals surface area contributed by atoms with E-state index >= 15 is 0 Å². The normalized spacial score (nSPS) is 20.0. The first kappa shape index (κ1) is 16.0. The van der Waals surface area contributed by atoms with E-state index in [1.54, 1.807) is 0 Å². The van der Waals surface area contributed by atoms with Crippen LogP contribution in [0, 0.1) is 0 Å². The van der Waals surface area contributed by atoms with Crippen LogP contribution in [0.1, 0.15) is 63.1 Å². The van der Waals surface area contributed by atoms with Gasteiger partial charge in [-0.15, -0.1) is 0 Å². The van der Waals surface area contributed by atoms with Crippen molar-refractivity contribution in [2.75, 3.05) is 6.54 Å². The van der Waals surface area contributed by atoms with Gasteiger partial charge in [0.25, 0.3) is 0 Å². The Balaban J connectivity index is 1.75. The highest BCUT2D eigenvalue weighted by molar-refractivity contribution is 5.76. The minimum atomic E-state index is 0.0859. The maximum absolute atomic E-state index is 12.1. The second-order valence-electron chi connectivity index (χ2n) is 6.07. The maximum Gasteiger partial charge on any atom is 0.220 e. The minimum Gasteiger partial charge on any atom is -0.350 e. The van der Waals surface area contributed by atoms with Crippen molar-refractivity contribution in [3.05, 3.63) is 35.4 Å². The lowest BCUT2D eigenvalue weighted by Crippen LogP contribution is -2.35. The van der Waals surface area contributed by atoms with Crippen molar-refractivity contribution in [3.8, 4) is 0 Å². The lowest BCUT2D eigenvalue weighted by Gasteiger charge is -2.23. The minimum absolute atomic E-state index is 0.0859. The van der Waals surface area contributed by atoms with Gasteiger partial charge in [0.2, 0.25) is 5.91 Å². The van der Waals surface area contributed by atoms with E-state index in [9.17, 15) is 4.79 Å². The van der Waals surface area contributed by atoms with Crippen LogP contribution in [0.25, 0.3) is 0 Å². The molecule has 1 aromatic rings. The molecular weight excluding hydrogens is 260 g/mol. The Morgan fingerprint density at radius 2 is 2.10 bits per heavy atom. The van der Waals surface area contributed by atoms with Gasteiger partial charge in [-0.3, -0.25) is 4.79 Å². The van der Waals surface area contributed by atoms with Crippen molar-refractivity contribution < 1.29 is 4.79 Å². The standard InChI is InChI=1S/C18H28N2O/c1-3-15-7-9-16(10-8-15)14(2)20-18(21)12-11-17-6-4-5-13-19-17/h7-10,14,17,19H,3-6,11-13H2,1-2H3,(H,20,21). The Bertz CT molecular complexity index is 435. The molecule has 3 heteroatoms. The van der Waals surface area contributed by atoms with E-state index in [4.69, 9.17) is 0 Å². The summed E-state index contributed by atoms with van der Waals surface area (Å²) < 4.78 is 0. The van der Waals surface area contributed by atoms with E-state index < -0.39 is 0 Å². The summed E-state index contributed by atoms with van der Waals surface area (Å²) in [6.45, 7) is 5.31. The summed E-state index contributed by atoms with van der Waals surface area (Å²) in [6.07, 6.45) is 6.39. The van der Waals surface area contributed by atoms with Gasteiger partial charge in [0, 0.05) is 12.5 Å². The van der Waals surface area contributed by atoms with Crippen LogP contribution in [0.4, 0.5) is 0 Å². The fourth-order valence-corrected chi connectivity index (χ4v) is 2.91. The molecule has 1 amide bonds. The first-order valence-electron chi connectivity index (χ1n) is 8.30. The molecule has 2 atom stereocenters. The smallest absolute Gasteiger partial charge is 0.220 e. The predicted octanol–water partition coefficient (Wildman–Crippen LogP) is 3.35. The number of amides is 1. The molecule has 1 aromatic carbocycles. The van der Waals surface area contributed by atoms with Crippen LogP contribution in [0.3, 0.4) is 0 Å². The molecule has 2 N–H and O–H groups in total. The molecule has 0 radical (unpaired) electrons. The van der Waals surface area contributed by atoms with Crippen LogP contribution in [0.5, 0.6) is 0 Å². The Morgan fingerprint density at radius 3 is 2.71 bits per heavy atom. The van der Waals surface area contributed by atoms with Crippen molar-refractivity contribution in [1.82, 2.24) is 10.6 Å². The van der Waals surface area contributed by atoms with Gasteiger partial charge in [-0.05, 0) is 50.3 Å². The van der Waals surface area contributed by atoms with Crippen molar-refractivity contribution in [1.29, 1.82) is 0 Å². The lowest BCUT2D eigenvalue weighted by atomic mass is 10.00. The zero-order valence-corrected chi connectivity index (χ0v) is 13.3. The number of rotatable bonds is 6. The summed E-state index contributed by atoms with van der Waals surface area (Å²) in [4.78, 5) is 12.1. The van der Waals surface area contributed by atoms with Crippen LogP contribution in [0.15, 0.2) is 24.3 Å². The molecule has 21 heavy (non-hydrogen) atoms. The molecule has 1 aliphatic heterocycles. The SMILES string of the molecule is CCc1ccc(C(C)NC(=O)CCC2CCCCN2)cc1. The zero-order valence-electron chi connectivity index (χ0n) is 13.3. The summed E-state index contributed by atoms with van der Waals surface area (Å²) in [5.41, 5.74) is 2.51. The van der Waals surface area contributed by atoms with Gasteiger partial charge < -0.3 is 10.6 Å². The highest BCUT2D eigenvalue weighted by Gasteiger charge is 2.15. The second kappa shape index (κ2) is 8.18. The zero-order chi connectivity index (χ0) is 15.1. The van der Waals surface area contributed by atoms with Crippen molar-refractivity contribution >= 4 is 5.91 Å². The molecule has 0 aromatic heterocycles. The van der Waals surface area contributed by atoms with Gasteiger partial charge in [0.1, 0.15) is 0 Å². The van der Waals surface area contributed by atoms with E-state index in [-0.39, 0.29) is 11.9 Å². The van der Waals surface area contributed by atoms with Gasteiger partial charge in [-0.2, -0.15) is 0 Å². The number of hydrogen-bond donors (Lipinski definition) is 2. The quantitative estimate of drug-likeness (QED) is 0.843. The van der Waals surface area contributed by atoms with Crippen molar-refractivity contribution in [2.24, 2.45) is 0 Å². The number of piperidine rings is 1. The average molecular weight is 288 g/mol. The molecule has 2 rings (SSSR count). The van der Waals surface area contributed by atoms with Crippen LogP contribution in [-0.2, 0) is 11.2 Å². The molecule has 0 bridgehead atoms. The summed E-state index contributed by atoms with van der Waals surface area (Å²) in [5.74, 6) is 0.162. The number of carbonyl (C=O) groups excluding carboxylic acids is 1. The van der Waals surface area contributed by atoms with E-state index in [1.807, 2.05) is 0 Å². The van der Waals surface area contributed by atoms with Crippen LogP contribution in [0.2, 0.25) is 0 Å². The Labute approximate surface area is 128 Å². The third kappa shape index (κ3) is 5.16. The summed E-state index contributed by atoms with van der Waals surface area (Å²) >= 11 is 0. The van der Waals surface area contributed by atoms with E-state index in [0.717, 1.165) is 19.4 Å². The molecule has 1 heterocycles. The number of nitrogens with one attached hydrogen (secondary N) is 2. The van der Waals surface area contributed by atoms with Crippen LogP contribution >= 0.6 is 0 Å². The Morgan fingerprint density at radius 1 is 1.33 bits per heavy atom. The summed E-state index contributed by atoms with van der Waals surface area (Å²) in [5, 5.41) is 6.60. The molecule has 1 aliphatic rings. The topological polar surface area (TPSA) is 41.1 Å². The largest absolute Gasteiger partial charge is 0.350 e. The van der Waals surface area contributed by atoms with Gasteiger partial charge >= 0.3 is 0 Å². The van der Waals surface area contributed by atoms with E-state index in [0.29, 0.717) is 12.5 Å². The van der Waals surface area contributed by atoms with Crippen molar-refractivity contribution in [3.63, 3.8) is 0 Å². The molecule has 0 saturated carbocycles. The lowest BCUT2D eigenvalue weighted by molar-refractivity contribution is -0.122. The third-order valence-corrected chi connectivity index (χ3v) is 4.40. The van der Waals surface area contributed by atoms with Gasteiger partial charge in [0.05, 0.1) is 6.04 Å². The third-order valence-electron chi connectivity index (χ3n) is 4.40. The summed E-state index contributed by atoms with van der Waals surface area (Å²) in [7, 11) is 0. The molecular formula is C18H28N2O. The molecule has 3 nitrogen and oxygen atoms in total. The number of aryl methyl sites for hydroxylation is 1. The van der Waals surface area contributed by atoms with E-state index in [2.05, 4.69) is 48.7 Å². The fourth-order valence-electron chi connectivity index (χ4n) is 2.91. The van der Waals surface area contributed by atoms with Gasteiger partial charge in [-0.1, -0.05) is 37.6 Å². The molecule has 0 aliphatic carbocycles. The highest BCUT2D eigenvalue weighted by Crippen LogP contribution is 2.15. The molecule has 2 unspecified atom stereocenters. The average Bonchev–Trinajstić information content (AvgIpc) is 2.54. The Kier molecular flexibility index (Phi) is 6.24. The van der Waals surface area contributed by atoms with Crippen molar-refractivity contribution in [2.45, 2.75) is 64.5 Å². The van der Waals surface area contributed by atoms with Crippen LogP contribution in [-0.4, -0.2) is 18.5 Å². The first-order valence-corrected chi connectivity index (χ1v) is 8.30. The Hall–Kier alpha value is -1.35. The van der Waals surface area contributed by atoms with E-state index in [1.165, 1.54) is 30.4 Å². The molecule has 116 valence electrons. The summed E-state index contributed by atoms with van der Waals surface area (Å²) in [6, 6.07) is 9.14. The number of hydrogen-bond acceptors (Lipinski definition) is 2. The predicted molar refractivity (Wildman–Crippen MR) is 87.3 cm³/mol. The molecule has 0 spiro atoms. The highest BCUT2D eigenvalue weighted by atomic mass is 16.1. The maximum atomic E-state index is 12.1. The number of carbonyl (C=O) groups is 1. The van der Waals surface area contributed by atoms with Crippen LogP contribution < -0.4 is 10.6 Å². The van der Waals surface area contributed by atoms with Gasteiger partial charge in [0.15, 0.2) is 0 Å². The first-order chi connectivity index (χ1) is 10.2. The molecule has 1 saturated heterocycles. The second-order valence-corrected chi connectivity index (χ2v) is 6.07. The monoisotopic (exact) mass is 288 g/mol. The number of benzene rings is 1. The molecule has 1 fully saturated rings. The van der Waals surface area contributed by atoms with Gasteiger partial charge in [-0.25, -0.2) is 0 Å². The fraction of sp³-hybridized carbons (Fsp3) is 0.611.